The van der Waals surface area contributed by atoms with Gasteiger partial charge >= 0.3 is 0 Å². The maximum atomic E-state index is 12.3. The summed E-state index contributed by atoms with van der Waals surface area (Å²) in [6, 6.07) is 1.48. The van der Waals surface area contributed by atoms with Crippen LogP contribution in [0.5, 0.6) is 0 Å². The summed E-state index contributed by atoms with van der Waals surface area (Å²) in [7, 11) is -0.407. The van der Waals surface area contributed by atoms with Crippen LogP contribution in [-0.2, 0) is 17.1 Å². The molecule has 0 unspecified atom stereocenters. The number of rotatable bonds is 4. The molecule has 2 aromatic heterocycles. The molecule has 0 aliphatic heterocycles. The standard InChI is InChI=1S/C10H12BrN5O2S/c1-12-10-9(3-7(11)4-13-10)19(17,18)15-8-5-14-16(2)6-8/h3-6,15H,1-2H3,(H,12,13). The van der Waals surface area contributed by atoms with E-state index in [1.54, 1.807) is 20.3 Å². The Morgan fingerprint density at radius 3 is 2.68 bits per heavy atom. The van der Waals surface area contributed by atoms with Crippen molar-refractivity contribution in [2.45, 2.75) is 4.90 Å². The minimum atomic E-state index is -3.72. The molecule has 0 saturated heterocycles. The molecule has 0 aliphatic rings. The van der Waals surface area contributed by atoms with Gasteiger partial charge in [0.25, 0.3) is 10.0 Å². The van der Waals surface area contributed by atoms with Crippen molar-refractivity contribution >= 4 is 37.5 Å². The van der Waals surface area contributed by atoms with E-state index in [0.717, 1.165) is 0 Å². The van der Waals surface area contributed by atoms with E-state index in [9.17, 15) is 8.42 Å². The maximum Gasteiger partial charge on any atom is 0.265 e. The lowest BCUT2D eigenvalue weighted by Gasteiger charge is -2.10. The summed E-state index contributed by atoms with van der Waals surface area (Å²) >= 11 is 3.21. The second kappa shape index (κ2) is 5.17. The lowest BCUT2D eigenvalue weighted by atomic mass is 10.4. The molecule has 0 aliphatic carbocycles. The largest absolute Gasteiger partial charge is 0.372 e. The van der Waals surface area contributed by atoms with E-state index in [1.165, 1.54) is 23.1 Å². The van der Waals surface area contributed by atoms with E-state index in [4.69, 9.17) is 0 Å². The number of pyridine rings is 1. The van der Waals surface area contributed by atoms with Crippen LogP contribution < -0.4 is 10.0 Å². The summed E-state index contributed by atoms with van der Waals surface area (Å²) < 4.78 is 29.1. The number of anilines is 2. The monoisotopic (exact) mass is 345 g/mol. The second-order valence-corrected chi connectivity index (χ2v) is 6.32. The lowest BCUT2D eigenvalue weighted by Crippen LogP contribution is -2.15. The molecule has 2 rings (SSSR count). The Hall–Kier alpha value is -1.61. The van der Waals surface area contributed by atoms with Crippen molar-refractivity contribution in [3.63, 3.8) is 0 Å². The number of hydrogen-bond donors (Lipinski definition) is 2. The molecule has 0 spiro atoms. The molecule has 0 fully saturated rings. The highest BCUT2D eigenvalue weighted by molar-refractivity contribution is 9.10. The van der Waals surface area contributed by atoms with Crippen LogP contribution in [0.2, 0.25) is 0 Å². The van der Waals surface area contributed by atoms with Crippen molar-refractivity contribution in [1.82, 2.24) is 14.8 Å². The number of halogens is 1. The van der Waals surface area contributed by atoms with Crippen LogP contribution in [0.4, 0.5) is 11.5 Å². The molecule has 0 saturated carbocycles. The summed E-state index contributed by atoms with van der Waals surface area (Å²) in [4.78, 5) is 4.08. The SMILES string of the molecule is CNc1ncc(Br)cc1S(=O)(=O)Nc1cnn(C)c1. The van der Waals surface area contributed by atoms with Gasteiger partial charge in [-0.25, -0.2) is 13.4 Å². The Labute approximate surface area is 119 Å². The zero-order valence-electron chi connectivity index (χ0n) is 10.3. The van der Waals surface area contributed by atoms with Gasteiger partial charge in [0.2, 0.25) is 0 Å². The van der Waals surface area contributed by atoms with E-state index in [1.807, 2.05) is 0 Å². The van der Waals surface area contributed by atoms with Gasteiger partial charge in [-0.15, -0.1) is 0 Å². The van der Waals surface area contributed by atoms with Gasteiger partial charge in [0, 0.05) is 31.0 Å². The van der Waals surface area contributed by atoms with Crippen molar-refractivity contribution < 1.29 is 8.42 Å². The summed E-state index contributed by atoms with van der Waals surface area (Å²) in [5.41, 5.74) is 0.393. The molecule has 2 aromatic rings. The molecular weight excluding hydrogens is 334 g/mol. The Balaban J connectivity index is 2.41. The Morgan fingerprint density at radius 1 is 1.37 bits per heavy atom. The first-order valence-corrected chi connectivity index (χ1v) is 7.55. The molecule has 19 heavy (non-hydrogen) atoms. The fraction of sp³-hybridized carbons (Fsp3) is 0.200. The number of nitrogens with one attached hydrogen (secondary N) is 2. The molecular formula is C10H12BrN5O2S. The second-order valence-electron chi connectivity index (χ2n) is 3.76. The summed E-state index contributed by atoms with van der Waals surface area (Å²) in [5.74, 6) is 0.277. The third-order valence-electron chi connectivity index (χ3n) is 2.30. The highest BCUT2D eigenvalue weighted by Crippen LogP contribution is 2.24. The minimum Gasteiger partial charge on any atom is -0.372 e. The predicted molar refractivity (Wildman–Crippen MR) is 75.5 cm³/mol. The summed E-state index contributed by atoms with van der Waals surface area (Å²) in [5, 5.41) is 6.65. The topological polar surface area (TPSA) is 88.9 Å². The van der Waals surface area contributed by atoms with E-state index >= 15 is 0 Å². The Morgan fingerprint density at radius 2 is 2.11 bits per heavy atom. The van der Waals surface area contributed by atoms with Crippen LogP contribution in [0.25, 0.3) is 0 Å². The highest BCUT2D eigenvalue weighted by Gasteiger charge is 2.20. The molecule has 0 aromatic carbocycles. The number of nitrogens with zero attached hydrogens (tertiary/aromatic N) is 3. The van der Waals surface area contributed by atoms with Crippen LogP contribution in [-0.4, -0.2) is 30.2 Å². The normalized spacial score (nSPS) is 11.3. The molecule has 2 N–H and O–H groups in total. The molecule has 7 nitrogen and oxygen atoms in total. The third kappa shape index (κ3) is 3.04. The van der Waals surface area contributed by atoms with Gasteiger partial charge in [0.15, 0.2) is 0 Å². The van der Waals surface area contributed by atoms with Gasteiger partial charge in [-0.2, -0.15) is 5.10 Å². The smallest absolute Gasteiger partial charge is 0.265 e. The molecule has 0 radical (unpaired) electrons. The van der Waals surface area contributed by atoms with Crippen molar-refractivity contribution in [1.29, 1.82) is 0 Å². The minimum absolute atomic E-state index is 0.0632. The lowest BCUT2D eigenvalue weighted by molar-refractivity contribution is 0.601. The molecule has 102 valence electrons. The highest BCUT2D eigenvalue weighted by atomic mass is 79.9. The van der Waals surface area contributed by atoms with Gasteiger partial charge < -0.3 is 5.32 Å². The Bertz CT molecular complexity index is 698. The number of sulfonamides is 1. The van der Waals surface area contributed by atoms with Gasteiger partial charge in [0.05, 0.1) is 11.9 Å². The van der Waals surface area contributed by atoms with Gasteiger partial charge in [-0.1, -0.05) is 0 Å². The molecule has 9 heteroatoms. The van der Waals surface area contributed by atoms with E-state index in [-0.39, 0.29) is 10.7 Å². The summed E-state index contributed by atoms with van der Waals surface area (Å²) in [6.45, 7) is 0. The van der Waals surface area contributed by atoms with Crippen LogP contribution in [0.1, 0.15) is 0 Å². The Kier molecular flexibility index (Phi) is 3.76. The number of aromatic nitrogens is 3. The quantitative estimate of drug-likeness (QED) is 0.874. The third-order valence-corrected chi connectivity index (χ3v) is 4.13. The van der Waals surface area contributed by atoms with Crippen LogP contribution in [0.3, 0.4) is 0 Å². The molecule has 0 bridgehead atoms. The zero-order valence-corrected chi connectivity index (χ0v) is 12.7. The van der Waals surface area contributed by atoms with Crippen molar-refractivity contribution in [2.75, 3.05) is 17.1 Å². The van der Waals surface area contributed by atoms with Gasteiger partial charge in [0.1, 0.15) is 10.7 Å². The van der Waals surface area contributed by atoms with Crippen LogP contribution in [0.15, 0.2) is 34.0 Å². The van der Waals surface area contributed by atoms with E-state index in [0.29, 0.717) is 10.2 Å². The van der Waals surface area contributed by atoms with Crippen LogP contribution in [0, 0.1) is 0 Å². The van der Waals surface area contributed by atoms with Crippen molar-refractivity contribution in [2.24, 2.45) is 7.05 Å². The van der Waals surface area contributed by atoms with Gasteiger partial charge in [-0.3, -0.25) is 9.40 Å². The maximum absolute atomic E-state index is 12.3. The van der Waals surface area contributed by atoms with E-state index in [2.05, 4.69) is 36.1 Å². The van der Waals surface area contributed by atoms with Crippen molar-refractivity contribution in [3.8, 4) is 0 Å². The molecule has 0 amide bonds. The fourth-order valence-electron chi connectivity index (χ4n) is 1.50. The first-order chi connectivity index (χ1) is 8.92. The average Bonchev–Trinajstić information content (AvgIpc) is 2.74. The van der Waals surface area contributed by atoms with E-state index < -0.39 is 10.0 Å². The average molecular weight is 346 g/mol. The fourth-order valence-corrected chi connectivity index (χ4v) is 3.20. The number of hydrogen-bond acceptors (Lipinski definition) is 5. The van der Waals surface area contributed by atoms with Crippen molar-refractivity contribution in [3.05, 3.63) is 29.1 Å². The molecule has 0 atom stereocenters. The molecule has 2 heterocycles. The van der Waals surface area contributed by atoms with Gasteiger partial charge in [-0.05, 0) is 22.0 Å². The first-order valence-electron chi connectivity index (χ1n) is 5.27. The summed E-state index contributed by atoms with van der Waals surface area (Å²) in [6.07, 6.45) is 4.53. The zero-order chi connectivity index (χ0) is 14.0. The first kappa shape index (κ1) is 13.8. The number of aryl methyl sites for hydroxylation is 1. The predicted octanol–water partition coefficient (Wildman–Crippen LogP) is 1.42. The van der Waals surface area contributed by atoms with Crippen LogP contribution >= 0.6 is 15.9 Å².